The van der Waals surface area contributed by atoms with E-state index in [0.717, 1.165) is 17.9 Å². The van der Waals surface area contributed by atoms with Gasteiger partial charge in [0.05, 0.1) is 7.11 Å². The van der Waals surface area contributed by atoms with Gasteiger partial charge in [0.1, 0.15) is 11.5 Å². The van der Waals surface area contributed by atoms with Gasteiger partial charge in [-0.25, -0.2) is 0 Å². The van der Waals surface area contributed by atoms with Crippen LogP contribution in [-0.4, -0.2) is 31.7 Å². The van der Waals surface area contributed by atoms with E-state index >= 15 is 0 Å². The van der Waals surface area contributed by atoms with Crippen molar-refractivity contribution in [3.05, 3.63) is 23.8 Å². The molecule has 1 aromatic rings. The topological polar surface area (TPSA) is 59.6 Å². The first-order valence-corrected chi connectivity index (χ1v) is 7.17. The zero-order valence-electron chi connectivity index (χ0n) is 13.6. The SMILES string of the molecule is CCNCc1cc(OC)ccc1OCC(=O)NC(C)(C)C. The molecule has 0 atom stereocenters. The number of carbonyl (C=O) groups excluding carboxylic acids is 1. The Kier molecular flexibility index (Phi) is 6.49. The summed E-state index contributed by atoms with van der Waals surface area (Å²) in [5.74, 6) is 1.34. The van der Waals surface area contributed by atoms with Gasteiger partial charge in [-0.15, -0.1) is 0 Å². The first-order chi connectivity index (χ1) is 9.85. The molecule has 0 aliphatic rings. The molecular formula is C16H26N2O3. The van der Waals surface area contributed by atoms with Crippen LogP contribution in [0.4, 0.5) is 0 Å². The zero-order valence-corrected chi connectivity index (χ0v) is 13.6. The average molecular weight is 294 g/mol. The summed E-state index contributed by atoms with van der Waals surface area (Å²) in [7, 11) is 1.63. The van der Waals surface area contributed by atoms with E-state index in [1.54, 1.807) is 7.11 Å². The molecule has 0 unspecified atom stereocenters. The van der Waals surface area contributed by atoms with Crippen LogP contribution in [0.5, 0.6) is 11.5 Å². The lowest BCUT2D eigenvalue weighted by molar-refractivity contribution is -0.124. The molecule has 0 aliphatic heterocycles. The molecule has 1 aromatic carbocycles. The molecule has 0 saturated heterocycles. The van der Waals surface area contributed by atoms with Crippen molar-refractivity contribution >= 4 is 5.91 Å². The fraction of sp³-hybridized carbons (Fsp3) is 0.562. The number of hydrogen-bond acceptors (Lipinski definition) is 4. The fourth-order valence-corrected chi connectivity index (χ4v) is 1.82. The molecular weight excluding hydrogens is 268 g/mol. The number of ether oxygens (including phenoxy) is 2. The Morgan fingerprint density at radius 2 is 2.00 bits per heavy atom. The Labute approximate surface area is 127 Å². The largest absolute Gasteiger partial charge is 0.497 e. The van der Waals surface area contributed by atoms with Crippen LogP contribution >= 0.6 is 0 Å². The number of nitrogens with one attached hydrogen (secondary N) is 2. The third-order valence-electron chi connectivity index (χ3n) is 2.71. The summed E-state index contributed by atoms with van der Waals surface area (Å²) in [6.45, 7) is 9.39. The minimum atomic E-state index is -0.257. The van der Waals surface area contributed by atoms with E-state index in [0.29, 0.717) is 12.3 Å². The zero-order chi connectivity index (χ0) is 15.9. The highest BCUT2D eigenvalue weighted by Crippen LogP contribution is 2.24. The molecule has 0 heterocycles. The molecule has 21 heavy (non-hydrogen) atoms. The van der Waals surface area contributed by atoms with E-state index in [2.05, 4.69) is 10.6 Å². The van der Waals surface area contributed by atoms with Crippen molar-refractivity contribution in [3.63, 3.8) is 0 Å². The number of methoxy groups -OCH3 is 1. The summed E-state index contributed by atoms with van der Waals surface area (Å²) >= 11 is 0. The van der Waals surface area contributed by atoms with Crippen molar-refractivity contribution in [1.29, 1.82) is 0 Å². The van der Waals surface area contributed by atoms with Gasteiger partial charge in [0.25, 0.3) is 5.91 Å². The molecule has 0 aliphatic carbocycles. The molecule has 5 nitrogen and oxygen atoms in total. The summed E-state index contributed by atoms with van der Waals surface area (Å²) in [6.07, 6.45) is 0. The van der Waals surface area contributed by atoms with Crippen LogP contribution in [0.1, 0.15) is 33.3 Å². The standard InChI is InChI=1S/C16H26N2O3/c1-6-17-10-12-9-13(20-5)7-8-14(12)21-11-15(19)18-16(2,3)4/h7-9,17H,6,10-11H2,1-5H3,(H,18,19). The molecule has 0 aromatic heterocycles. The van der Waals surface area contributed by atoms with E-state index < -0.39 is 0 Å². The molecule has 1 rings (SSSR count). The Hall–Kier alpha value is -1.75. The molecule has 0 fully saturated rings. The summed E-state index contributed by atoms with van der Waals surface area (Å²) < 4.78 is 10.9. The number of hydrogen-bond donors (Lipinski definition) is 2. The van der Waals surface area contributed by atoms with Crippen molar-refractivity contribution in [2.45, 2.75) is 39.8 Å². The van der Waals surface area contributed by atoms with Crippen LogP contribution in [0, 0.1) is 0 Å². The van der Waals surface area contributed by atoms with Crippen molar-refractivity contribution < 1.29 is 14.3 Å². The first kappa shape index (κ1) is 17.3. The normalized spacial score (nSPS) is 11.1. The van der Waals surface area contributed by atoms with Gasteiger partial charge in [0.15, 0.2) is 6.61 Å². The molecule has 0 spiro atoms. The summed E-state index contributed by atoms with van der Waals surface area (Å²) in [5, 5.41) is 6.12. The number of rotatable bonds is 7. The highest BCUT2D eigenvalue weighted by molar-refractivity contribution is 5.78. The van der Waals surface area contributed by atoms with E-state index in [1.165, 1.54) is 0 Å². The third-order valence-corrected chi connectivity index (χ3v) is 2.71. The van der Waals surface area contributed by atoms with Crippen molar-refractivity contribution in [2.75, 3.05) is 20.3 Å². The quantitative estimate of drug-likeness (QED) is 0.808. The van der Waals surface area contributed by atoms with Gasteiger partial charge < -0.3 is 20.1 Å². The van der Waals surface area contributed by atoms with E-state index in [9.17, 15) is 4.79 Å². The van der Waals surface area contributed by atoms with Crippen LogP contribution in [0.15, 0.2) is 18.2 Å². The molecule has 0 saturated carbocycles. The minimum absolute atomic E-state index is 0.00270. The van der Waals surface area contributed by atoms with Crippen molar-refractivity contribution in [2.24, 2.45) is 0 Å². The highest BCUT2D eigenvalue weighted by Gasteiger charge is 2.14. The molecule has 0 bridgehead atoms. The van der Waals surface area contributed by atoms with Gasteiger partial charge in [-0.1, -0.05) is 6.92 Å². The third kappa shape index (κ3) is 6.49. The van der Waals surface area contributed by atoms with Crippen LogP contribution in [0.3, 0.4) is 0 Å². The van der Waals surface area contributed by atoms with Crippen LogP contribution in [0.2, 0.25) is 0 Å². The maximum absolute atomic E-state index is 11.8. The second-order valence-corrected chi connectivity index (χ2v) is 5.84. The van der Waals surface area contributed by atoms with Gasteiger partial charge in [-0.3, -0.25) is 4.79 Å². The van der Waals surface area contributed by atoms with Gasteiger partial charge in [0.2, 0.25) is 0 Å². The Balaban J connectivity index is 2.70. The average Bonchev–Trinajstić information content (AvgIpc) is 2.41. The molecule has 5 heteroatoms. The lowest BCUT2D eigenvalue weighted by atomic mass is 10.1. The summed E-state index contributed by atoms with van der Waals surface area (Å²) in [6, 6.07) is 5.57. The lowest BCUT2D eigenvalue weighted by Gasteiger charge is -2.21. The van der Waals surface area contributed by atoms with E-state index in [1.807, 2.05) is 45.9 Å². The maximum atomic E-state index is 11.8. The number of amides is 1. The van der Waals surface area contributed by atoms with Gasteiger partial charge in [0, 0.05) is 17.6 Å². The van der Waals surface area contributed by atoms with Crippen LogP contribution in [0.25, 0.3) is 0 Å². The Morgan fingerprint density at radius 3 is 2.57 bits per heavy atom. The van der Waals surface area contributed by atoms with Gasteiger partial charge >= 0.3 is 0 Å². The van der Waals surface area contributed by atoms with Crippen molar-refractivity contribution in [3.8, 4) is 11.5 Å². The van der Waals surface area contributed by atoms with E-state index in [-0.39, 0.29) is 18.1 Å². The molecule has 0 radical (unpaired) electrons. The highest BCUT2D eigenvalue weighted by atomic mass is 16.5. The van der Waals surface area contributed by atoms with Gasteiger partial charge in [-0.05, 0) is 45.5 Å². The van der Waals surface area contributed by atoms with E-state index in [4.69, 9.17) is 9.47 Å². The predicted molar refractivity (Wildman–Crippen MR) is 83.8 cm³/mol. The molecule has 118 valence electrons. The number of benzene rings is 1. The monoisotopic (exact) mass is 294 g/mol. The van der Waals surface area contributed by atoms with Crippen molar-refractivity contribution in [1.82, 2.24) is 10.6 Å². The Morgan fingerprint density at radius 1 is 1.29 bits per heavy atom. The molecule has 2 N–H and O–H groups in total. The fourth-order valence-electron chi connectivity index (χ4n) is 1.82. The first-order valence-electron chi connectivity index (χ1n) is 7.17. The Bertz CT molecular complexity index is 467. The van der Waals surface area contributed by atoms with Crippen LogP contribution < -0.4 is 20.1 Å². The second-order valence-electron chi connectivity index (χ2n) is 5.84. The molecule has 1 amide bonds. The smallest absolute Gasteiger partial charge is 0.258 e. The van der Waals surface area contributed by atoms with Crippen LogP contribution in [-0.2, 0) is 11.3 Å². The summed E-state index contributed by atoms with van der Waals surface area (Å²) in [4.78, 5) is 11.8. The number of carbonyl (C=O) groups is 1. The lowest BCUT2D eigenvalue weighted by Crippen LogP contribution is -2.43. The van der Waals surface area contributed by atoms with Gasteiger partial charge in [-0.2, -0.15) is 0 Å². The maximum Gasteiger partial charge on any atom is 0.258 e. The predicted octanol–water partition coefficient (Wildman–Crippen LogP) is 2.10. The minimum Gasteiger partial charge on any atom is -0.497 e. The second kappa shape index (κ2) is 7.88. The summed E-state index contributed by atoms with van der Waals surface area (Å²) in [5.41, 5.74) is 0.715.